The molecule has 1 nitrogen and oxygen atoms in total. The van der Waals surface area contributed by atoms with Crippen LogP contribution in [0.15, 0.2) is 0 Å². The van der Waals surface area contributed by atoms with E-state index in [9.17, 15) is 0 Å². The van der Waals surface area contributed by atoms with Gasteiger partial charge in [-0.05, 0) is 106 Å². The number of hydrogen-bond donors (Lipinski definition) is 0. The van der Waals surface area contributed by atoms with Crippen molar-refractivity contribution >= 4 is 0 Å². The van der Waals surface area contributed by atoms with Crippen molar-refractivity contribution in [2.75, 3.05) is 7.11 Å². The highest BCUT2D eigenvalue weighted by Gasteiger charge is 2.31. The Morgan fingerprint density at radius 2 is 0.765 bits per heavy atom. The van der Waals surface area contributed by atoms with Crippen molar-refractivity contribution in [2.24, 2.45) is 41.4 Å². The molecule has 0 amide bonds. The molecule has 1 heteroatoms. The van der Waals surface area contributed by atoms with Crippen LogP contribution in [0.5, 0.6) is 0 Å². The van der Waals surface area contributed by atoms with E-state index in [-0.39, 0.29) is 0 Å². The Morgan fingerprint density at radius 1 is 0.441 bits per heavy atom. The number of rotatable bonds is 8. The minimum atomic E-state index is 0.572. The lowest BCUT2D eigenvalue weighted by Gasteiger charge is -2.37. The highest BCUT2D eigenvalue weighted by Crippen LogP contribution is 2.43. The van der Waals surface area contributed by atoms with Gasteiger partial charge in [-0.15, -0.1) is 0 Å². The molecule has 0 bridgehead atoms. The summed E-state index contributed by atoms with van der Waals surface area (Å²) in [5.74, 6) is 7.53. The summed E-state index contributed by atoms with van der Waals surface area (Å²) in [7, 11) is 1.88. The molecule has 0 N–H and O–H groups in total. The predicted molar refractivity (Wildman–Crippen MR) is 149 cm³/mol. The van der Waals surface area contributed by atoms with Crippen LogP contribution in [0.2, 0.25) is 0 Å². The van der Waals surface area contributed by atoms with Gasteiger partial charge in [0.1, 0.15) is 0 Å². The first-order chi connectivity index (χ1) is 16.7. The van der Waals surface area contributed by atoms with Crippen LogP contribution in [-0.2, 0) is 4.74 Å². The summed E-state index contributed by atoms with van der Waals surface area (Å²) in [4.78, 5) is 0. The highest BCUT2D eigenvalue weighted by molar-refractivity contribution is 4.83. The third-order valence-electron chi connectivity index (χ3n) is 11.0. The van der Waals surface area contributed by atoms with Crippen LogP contribution in [-0.4, -0.2) is 13.2 Å². The first-order valence-corrected chi connectivity index (χ1v) is 16.2. The summed E-state index contributed by atoms with van der Waals surface area (Å²) in [6.45, 7) is 7.05. The van der Waals surface area contributed by atoms with Gasteiger partial charge in [0.25, 0.3) is 0 Å². The molecule has 4 aliphatic carbocycles. The number of ether oxygens (including phenoxy) is 1. The Kier molecular flexibility index (Phi) is 13.4. The van der Waals surface area contributed by atoms with Crippen LogP contribution in [0.3, 0.4) is 0 Å². The van der Waals surface area contributed by atoms with Crippen LogP contribution < -0.4 is 0 Å². The fraction of sp³-hybridized carbons (Fsp3) is 1.00. The summed E-state index contributed by atoms with van der Waals surface area (Å²) in [6.07, 6.45) is 31.7. The SMILES string of the molecule is CCCC1CCC(C2CCC(CC)CC2)CC1.CCCC1CCC(C2CCC(OC)CC2)CC1. The highest BCUT2D eigenvalue weighted by atomic mass is 16.5. The lowest BCUT2D eigenvalue weighted by atomic mass is 9.68. The summed E-state index contributed by atoms with van der Waals surface area (Å²) in [5, 5.41) is 0. The Bertz CT molecular complexity index is 437. The molecule has 4 fully saturated rings. The minimum Gasteiger partial charge on any atom is -0.381 e. The molecule has 0 aliphatic heterocycles. The van der Waals surface area contributed by atoms with Crippen LogP contribution >= 0.6 is 0 Å². The predicted octanol–water partition coefficient (Wildman–Crippen LogP) is 10.6. The largest absolute Gasteiger partial charge is 0.381 e. The van der Waals surface area contributed by atoms with E-state index in [4.69, 9.17) is 4.74 Å². The van der Waals surface area contributed by atoms with Gasteiger partial charge in [0.15, 0.2) is 0 Å². The van der Waals surface area contributed by atoms with Gasteiger partial charge in [-0.1, -0.05) is 91.4 Å². The molecule has 34 heavy (non-hydrogen) atoms. The van der Waals surface area contributed by atoms with Gasteiger partial charge >= 0.3 is 0 Å². The molecule has 4 saturated carbocycles. The average Bonchev–Trinajstić information content (AvgIpc) is 2.90. The van der Waals surface area contributed by atoms with Crippen molar-refractivity contribution in [3.8, 4) is 0 Å². The van der Waals surface area contributed by atoms with E-state index >= 15 is 0 Å². The Hall–Kier alpha value is -0.0400. The molecule has 4 rings (SSSR count). The monoisotopic (exact) mass is 474 g/mol. The maximum atomic E-state index is 5.48. The maximum Gasteiger partial charge on any atom is 0.0571 e. The van der Waals surface area contributed by atoms with Gasteiger partial charge in [-0.2, -0.15) is 0 Å². The van der Waals surface area contributed by atoms with E-state index < -0.39 is 0 Å². The number of methoxy groups -OCH3 is 1. The molecule has 0 aromatic heterocycles. The van der Waals surface area contributed by atoms with Crippen molar-refractivity contribution in [1.29, 1.82) is 0 Å². The Morgan fingerprint density at radius 3 is 1.06 bits per heavy atom. The van der Waals surface area contributed by atoms with Crippen LogP contribution in [0.4, 0.5) is 0 Å². The summed E-state index contributed by atoms with van der Waals surface area (Å²) >= 11 is 0. The van der Waals surface area contributed by atoms with Crippen molar-refractivity contribution in [3.63, 3.8) is 0 Å². The molecule has 0 aromatic carbocycles. The van der Waals surface area contributed by atoms with Gasteiger partial charge in [0.05, 0.1) is 6.10 Å². The minimum absolute atomic E-state index is 0.572. The molecule has 0 aromatic rings. The average molecular weight is 475 g/mol. The first-order valence-electron chi connectivity index (χ1n) is 16.2. The molecule has 0 spiro atoms. The molecular weight excluding hydrogens is 412 g/mol. The van der Waals surface area contributed by atoms with E-state index in [2.05, 4.69) is 20.8 Å². The second kappa shape index (κ2) is 15.9. The molecule has 0 unspecified atom stereocenters. The Balaban J connectivity index is 0.000000191. The van der Waals surface area contributed by atoms with Gasteiger partial charge in [0.2, 0.25) is 0 Å². The zero-order chi connectivity index (χ0) is 24.2. The first kappa shape index (κ1) is 28.5. The molecule has 0 radical (unpaired) electrons. The summed E-state index contributed by atoms with van der Waals surface area (Å²) in [5.41, 5.74) is 0. The van der Waals surface area contributed by atoms with Crippen molar-refractivity contribution in [1.82, 2.24) is 0 Å². The normalized spacial score (nSPS) is 39.2. The third-order valence-corrected chi connectivity index (χ3v) is 11.0. The van der Waals surface area contributed by atoms with Crippen LogP contribution in [0, 0.1) is 41.4 Å². The van der Waals surface area contributed by atoms with Crippen molar-refractivity contribution in [2.45, 2.75) is 162 Å². The summed E-state index contributed by atoms with van der Waals surface area (Å²) < 4.78 is 5.48. The standard InChI is InChI=1S/C17H32.C16H30O/c1-3-5-15-8-12-17(13-9-15)16-10-6-14(4-2)7-11-16;1-3-4-13-5-7-14(8-6-13)15-9-11-16(17-2)12-10-15/h14-17H,3-13H2,1-2H3;13-16H,3-12H2,1-2H3. The van der Waals surface area contributed by atoms with Gasteiger partial charge in [-0.3, -0.25) is 0 Å². The molecule has 0 heterocycles. The van der Waals surface area contributed by atoms with E-state index in [1.165, 1.54) is 96.3 Å². The molecule has 200 valence electrons. The van der Waals surface area contributed by atoms with Crippen molar-refractivity contribution in [3.05, 3.63) is 0 Å². The maximum absolute atomic E-state index is 5.48. The fourth-order valence-electron chi connectivity index (χ4n) is 8.58. The fourth-order valence-corrected chi connectivity index (χ4v) is 8.58. The van der Waals surface area contributed by atoms with Crippen molar-refractivity contribution < 1.29 is 4.74 Å². The third kappa shape index (κ3) is 9.12. The van der Waals surface area contributed by atoms with Gasteiger partial charge in [-0.25, -0.2) is 0 Å². The quantitative estimate of drug-likeness (QED) is 0.340. The zero-order valence-corrected chi connectivity index (χ0v) is 23.9. The van der Waals surface area contributed by atoms with Crippen LogP contribution in [0.1, 0.15) is 156 Å². The Labute approximate surface area is 215 Å². The van der Waals surface area contributed by atoms with E-state index in [1.807, 2.05) is 7.11 Å². The number of hydrogen-bond acceptors (Lipinski definition) is 1. The molecular formula is C33H62O. The lowest BCUT2D eigenvalue weighted by molar-refractivity contribution is 0.0392. The van der Waals surface area contributed by atoms with E-state index in [0.717, 1.165) is 41.4 Å². The van der Waals surface area contributed by atoms with E-state index in [0.29, 0.717) is 6.10 Å². The zero-order valence-electron chi connectivity index (χ0n) is 23.9. The summed E-state index contributed by atoms with van der Waals surface area (Å²) in [6, 6.07) is 0. The second-order valence-corrected chi connectivity index (χ2v) is 13.1. The molecule has 0 saturated heterocycles. The van der Waals surface area contributed by atoms with Crippen LogP contribution in [0.25, 0.3) is 0 Å². The lowest BCUT2D eigenvalue weighted by Crippen LogP contribution is -2.28. The smallest absolute Gasteiger partial charge is 0.0571 e. The van der Waals surface area contributed by atoms with E-state index in [1.54, 1.807) is 38.5 Å². The molecule has 0 atom stereocenters. The topological polar surface area (TPSA) is 9.23 Å². The molecule has 4 aliphatic rings. The van der Waals surface area contributed by atoms with Gasteiger partial charge in [0, 0.05) is 7.11 Å². The van der Waals surface area contributed by atoms with Gasteiger partial charge < -0.3 is 4.74 Å². The second-order valence-electron chi connectivity index (χ2n) is 13.1.